The summed E-state index contributed by atoms with van der Waals surface area (Å²) >= 11 is 6.63. The van der Waals surface area contributed by atoms with Gasteiger partial charge >= 0.3 is 0 Å². The van der Waals surface area contributed by atoms with Gasteiger partial charge in [0, 0.05) is 32.9 Å². The number of benzene rings is 2. The van der Waals surface area contributed by atoms with Crippen LogP contribution in [0, 0.1) is 0 Å². The van der Waals surface area contributed by atoms with E-state index in [2.05, 4.69) is 52.9 Å². The monoisotopic (exact) mass is 594 g/mol. The highest BCUT2D eigenvalue weighted by molar-refractivity contribution is 9.10. The van der Waals surface area contributed by atoms with Crippen molar-refractivity contribution in [2.24, 2.45) is 10.2 Å². The maximum atomic E-state index is 11.8. The minimum Gasteiger partial charge on any atom is -0.507 e. The number of amides is 2. The molecular weight excluding hydrogens is 568 g/mol. The van der Waals surface area contributed by atoms with E-state index in [0.717, 1.165) is 47.5 Å². The van der Waals surface area contributed by atoms with E-state index in [9.17, 15) is 19.8 Å². The smallest absolute Gasteiger partial charge is 0.240 e. The van der Waals surface area contributed by atoms with Crippen molar-refractivity contribution < 1.29 is 19.8 Å². The third-order valence-corrected chi connectivity index (χ3v) is 5.81. The molecule has 0 saturated heterocycles. The fourth-order valence-electron chi connectivity index (χ4n) is 3.00. The van der Waals surface area contributed by atoms with E-state index in [1.807, 2.05) is 0 Å². The number of halogens is 2. The zero-order chi connectivity index (χ0) is 24.8. The standard InChI is InChI=1S/C24H28Br2N4O4/c25-19-9-11-21(31)17(13-19)15-27-29-23(33)7-5-3-1-2-4-6-8-24(34)30-28-16-18-14-20(26)10-12-22(18)32/h9-16,31-32H,1-8H2,(H,29,33)(H,30,34)/b27-15+,28-16+. The first-order valence-electron chi connectivity index (χ1n) is 11.0. The Kier molecular flexibility index (Phi) is 12.3. The molecule has 182 valence electrons. The lowest BCUT2D eigenvalue weighted by molar-refractivity contribution is -0.122. The highest BCUT2D eigenvalue weighted by atomic mass is 79.9. The van der Waals surface area contributed by atoms with Crippen LogP contribution in [0.2, 0.25) is 0 Å². The molecule has 2 aromatic rings. The molecule has 2 amide bonds. The number of nitrogens with zero attached hydrogens (tertiary/aromatic N) is 2. The number of rotatable bonds is 13. The van der Waals surface area contributed by atoms with Gasteiger partial charge in [-0.2, -0.15) is 10.2 Å². The van der Waals surface area contributed by atoms with Crippen LogP contribution in [0.15, 0.2) is 55.5 Å². The fourth-order valence-corrected chi connectivity index (χ4v) is 3.75. The molecule has 0 aliphatic carbocycles. The molecule has 0 heterocycles. The summed E-state index contributed by atoms with van der Waals surface area (Å²) in [4.78, 5) is 23.7. The molecule has 0 unspecified atom stereocenters. The fraction of sp³-hybridized carbons (Fsp3) is 0.333. The van der Waals surface area contributed by atoms with Crippen LogP contribution >= 0.6 is 31.9 Å². The predicted octanol–water partition coefficient (Wildman–Crippen LogP) is 5.34. The molecule has 0 spiro atoms. The van der Waals surface area contributed by atoms with Crippen LogP contribution in [-0.2, 0) is 9.59 Å². The van der Waals surface area contributed by atoms with Crippen LogP contribution in [0.5, 0.6) is 11.5 Å². The van der Waals surface area contributed by atoms with Crippen LogP contribution in [0.3, 0.4) is 0 Å². The topological polar surface area (TPSA) is 123 Å². The van der Waals surface area contributed by atoms with Crippen molar-refractivity contribution in [1.29, 1.82) is 0 Å². The number of nitrogens with one attached hydrogen (secondary N) is 2. The number of carbonyl (C=O) groups excluding carboxylic acids is 2. The molecule has 10 heteroatoms. The second kappa shape index (κ2) is 15.2. The lowest BCUT2D eigenvalue weighted by Crippen LogP contribution is -2.17. The molecule has 0 atom stereocenters. The van der Waals surface area contributed by atoms with Crippen LogP contribution in [0.1, 0.15) is 62.5 Å². The number of phenolic OH excluding ortho intramolecular Hbond substituents is 2. The number of hydrogen-bond acceptors (Lipinski definition) is 6. The van der Waals surface area contributed by atoms with E-state index in [1.165, 1.54) is 12.4 Å². The van der Waals surface area contributed by atoms with Crippen molar-refractivity contribution in [3.63, 3.8) is 0 Å². The van der Waals surface area contributed by atoms with Crippen LogP contribution in [-0.4, -0.2) is 34.5 Å². The molecular formula is C24H28Br2N4O4. The van der Waals surface area contributed by atoms with E-state index in [4.69, 9.17) is 0 Å². The molecule has 0 aliphatic rings. The minimum atomic E-state index is -0.167. The van der Waals surface area contributed by atoms with Crippen LogP contribution < -0.4 is 10.9 Å². The van der Waals surface area contributed by atoms with E-state index in [1.54, 1.807) is 36.4 Å². The number of hydrazone groups is 2. The third kappa shape index (κ3) is 10.9. The van der Waals surface area contributed by atoms with Crippen LogP contribution in [0.25, 0.3) is 0 Å². The summed E-state index contributed by atoms with van der Waals surface area (Å²) in [5.41, 5.74) is 5.96. The Bertz CT molecular complexity index is 947. The lowest BCUT2D eigenvalue weighted by atomic mass is 10.1. The summed E-state index contributed by atoms with van der Waals surface area (Å²) in [6.45, 7) is 0. The zero-order valence-corrected chi connectivity index (χ0v) is 21.8. The molecule has 0 saturated carbocycles. The third-order valence-electron chi connectivity index (χ3n) is 4.82. The van der Waals surface area contributed by atoms with Gasteiger partial charge in [-0.25, -0.2) is 10.9 Å². The van der Waals surface area contributed by atoms with Crippen molar-refractivity contribution in [1.82, 2.24) is 10.9 Å². The summed E-state index contributed by atoms with van der Waals surface area (Å²) in [6, 6.07) is 9.94. The average Bonchev–Trinajstić information content (AvgIpc) is 2.80. The number of carbonyl (C=O) groups is 2. The molecule has 8 nitrogen and oxygen atoms in total. The average molecular weight is 596 g/mol. The Labute approximate surface area is 215 Å². The van der Waals surface area contributed by atoms with Gasteiger partial charge in [0.15, 0.2) is 0 Å². The van der Waals surface area contributed by atoms with Gasteiger partial charge < -0.3 is 10.2 Å². The van der Waals surface area contributed by atoms with E-state index in [-0.39, 0.29) is 23.3 Å². The summed E-state index contributed by atoms with van der Waals surface area (Å²) in [6.07, 6.45) is 8.95. The van der Waals surface area contributed by atoms with Gasteiger partial charge in [-0.1, -0.05) is 57.5 Å². The number of phenols is 2. The molecule has 2 aromatic carbocycles. The highest BCUT2D eigenvalue weighted by Gasteiger charge is 2.03. The molecule has 0 radical (unpaired) electrons. The van der Waals surface area contributed by atoms with E-state index >= 15 is 0 Å². The first-order valence-corrected chi connectivity index (χ1v) is 12.5. The number of hydrogen-bond donors (Lipinski definition) is 4. The van der Waals surface area contributed by atoms with Gasteiger partial charge in [0.1, 0.15) is 11.5 Å². The largest absolute Gasteiger partial charge is 0.507 e. The molecule has 2 rings (SSSR count). The SMILES string of the molecule is O=C(CCCCCCCCC(=O)N/N=C/c1cc(Br)ccc1O)N/N=C/c1cc(Br)ccc1O. The second-order valence-electron chi connectivity index (χ2n) is 7.61. The van der Waals surface area contributed by atoms with Crippen molar-refractivity contribution >= 4 is 56.1 Å². The van der Waals surface area contributed by atoms with Gasteiger partial charge in [-0.15, -0.1) is 0 Å². The zero-order valence-electron chi connectivity index (χ0n) is 18.6. The number of unbranched alkanes of at least 4 members (excludes halogenated alkanes) is 5. The summed E-state index contributed by atoms with van der Waals surface area (Å²) in [5, 5.41) is 27.2. The van der Waals surface area contributed by atoms with E-state index < -0.39 is 0 Å². The molecule has 34 heavy (non-hydrogen) atoms. The summed E-state index contributed by atoms with van der Waals surface area (Å²) < 4.78 is 1.62. The Morgan fingerprint density at radius 1 is 0.706 bits per heavy atom. The van der Waals surface area contributed by atoms with Gasteiger partial charge in [0.05, 0.1) is 12.4 Å². The quantitative estimate of drug-likeness (QED) is 0.142. The Hall–Kier alpha value is -2.72. The van der Waals surface area contributed by atoms with Crippen molar-refractivity contribution in [2.45, 2.75) is 51.4 Å². The molecule has 0 fully saturated rings. The molecule has 4 N–H and O–H groups in total. The lowest BCUT2D eigenvalue weighted by Gasteiger charge is -2.03. The Morgan fingerprint density at radius 3 is 1.50 bits per heavy atom. The highest BCUT2D eigenvalue weighted by Crippen LogP contribution is 2.20. The van der Waals surface area contributed by atoms with Crippen molar-refractivity contribution in [3.8, 4) is 11.5 Å². The van der Waals surface area contributed by atoms with Crippen molar-refractivity contribution in [2.75, 3.05) is 0 Å². The first-order chi connectivity index (χ1) is 16.3. The Balaban J connectivity index is 1.49. The predicted molar refractivity (Wildman–Crippen MR) is 140 cm³/mol. The minimum absolute atomic E-state index is 0.0901. The molecule has 0 aromatic heterocycles. The summed E-state index contributed by atoms with van der Waals surface area (Å²) in [7, 11) is 0. The molecule has 0 bridgehead atoms. The normalized spacial score (nSPS) is 11.2. The van der Waals surface area contributed by atoms with Gasteiger partial charge in [0.25, 0.3) is 0 Å². The van der Waals surface area contributed by atoms with E-state index in [0.29, 0.717) is 24.0 Å². The summed E-state index contributed by atoms with van der Waals surface area (Å²) in [5.74, 6) is -0.155. The van der Waals surface area contributed by atoms with Gasteiger partial charge in [-0.3, -0.25) is 9.59 Å². The second-order valence-corrected chi connectivity index (χ2v) is 9.45. The van der Waals surface area contributed by atoms with Gasteiger partial charge in [-0.05, 0) is 49.2 Å². The van der Waals surface area contributed by atoms with Gasteiger partial charge in [0.2, 0.25) is 11.8 Å². The maximum absolute atomic E-state index is 11.8. The first kappa shape index (κ1) is 27.5. The van der Waals surface area contributed by atoms with Crippen molar-refractivity contribution in [3.05, 3.63) is 56.5 Å². The Morgan fingerprint density at radius 2 is 1.09 bits per heavy atom. The molecule has 0 aliphatic heterocycles. The number of aromatic hydroxyl groups is 2. The maximum Gasteiger partial charge on any atom is 0.240 e. The van der Waals surface area contributed by atoms with Crippen LogP contribution in [0.4, 0.5) is 0 Å².